The van der Waals surface area contributed by atoms with Gasteiger partial charge in [-0.05, 0) is 31.9 Å². The lowest BCUT2D eigenvalue weighted by Gasteiger charge is -2.31. The Kier molecular flexibility index (Phi) is 4.79. The average Bonchev–Trinajstić information content (AvgIpc) is 3.11. The van der Waals surface area contributed by atoms with Gasteiger partial charge in [0.05, 0.1) is 11.3 Å². The van der Waals surface area contributed by atoms with E-state index in [0.29, 0.717) is 41.8 Å². The highest BCUT2D eigenvalue weighted by molar-refractivity contribution is 5.92. The fourth-order valence-corrected chi connectivity index (χ4v) is 2.98. The summed E-state index contributed by atoms with van der Waals surface area (Å²) in [4.78, 5) is 23.3. The summed E-state index contributed by atoms with van der Waals surface area (Å²) in [6.45, 7) is 6.99. The van der Waals surface area contributed by atoms with Crippen LogP contribution in [0.1, 0.15) is 72.0 Å². The first kappa shape index (κ1) is 17.1. The summed E-state index contributed by atoms with van der Waals surface area (Å²) in [5, 5.41) is 13.1. The Hall–Kier alpha value is -2.75. The van der Waals surface area contributed by atoms with E-state index in [1.54, 1.807) is 24.0 Å². The van der Waals surface area contributed by atoms with Crippen molar-refractivity contribution in [1.29, 1.82) is 5.26 Å². The molecule has 0 unspecified atom stereocenters. The first-order valence-electron chi connectivity index (χ1n) is 8.50. The number of carbonyl (C=O) groups is 1. The monoisotopic (exact) mass is 339 g/mol. The Labute approximate surface area is 146 Å². The summed E-state index contributed by atoms with van der Waals surface area (Å²) in [6.07, 6.45) is 1.82. The second-order valence-corrected chi connectivity index (χ2v) is 6.68. The van der Waals surface area contributed by atoms with Gasteiger partial charge in [-0.1, -0.05) is 19.0 Å². The second-order valence-electron chi connectivity index (χ2n) is 6.68. The van der Waals surface area contributed by atoms with E-state index in [2.05, 4.69) is 21.2 Å². The topological polar surface area (TPSA) is 95.9 Å². The first-order valence-corrected chi connectivity index (χ1v) is 8.50. The van der Waals surface area contributed by atoms with Crippen LogP contribution in [-0.2, 0) is 0 Å². The molecular formula is C18H21N5O2. The fourth-order valence-electron chi connectivity index (χ4n) is 2.98. The van der Waals surface area contributed by atoms with E-state index in [1.807, 2.05) is 13.8 Å². The SMILES string of the molecule is Cc1nc(C(=O)N2CCC[C@H](c3noc(C(C)C)n3)C2)ccc1C#N. The smallest absolute Gasteiger partial charge is 0.272 e. The van der Waals surface area contributed by atoms with E-state index in [1.165, 1.54) is 0 Å². The van der Waals surface area contributed by atoms with Gasteiger partial charge in [0.15, 0.2) is 5.82 Å². The molecule has 1 fully saturated rings. The summed E-state index contributed by atoms with van der Waals surface area (Å²) in [5.74, 6) is 1.44. The van der Waals surface area contributed by atoms with Crippen LogP contribution in [0.15, 0.2) is 16.7 Å². The number of rotatable bonds is 3. The van der Waals surface area contributed by atoms with Gasteiger partial charge in [0, 0.05) is 24.9 Å². The number of aromatic nitrogens is 3. The predicted molar refractivity (Wildman–Crippen MR) is 90.0 cm³/mol. The van der Waals surface area contributed by atoms with E-state index in [0.717, 1.165) is 12.8 Å². The Balaban J connectivity index is 1.75. The average molecular weight is 339 g/mol. The zero-order valence-electron chi connectivity index (χ0n) is 14.7. The Morgan fingerprint density at radius 2 is 2.20 bits per heavy atom. The van der Waals surface area contributed by atoms with E-state index in [9.17, 15) is 4.79 Å². The minimum Gasteiger partial charge on any atom is -0.339 e. The van der Waals surface area contributed by atoms with Crippen LogP contribution < -0.4 is 0 Å². The third kappa shape index (κ3) is 3.53. The third-order valence-corrected chi connectivity index (χ3v) is 4.45. The molecule has 0 spiro atoms. The van der Waals surface area contributed by atoms with Gasteiger partial charge in [-0.2, -0.15) is 10.2 Å². The molecule has 25 heavy (non-hydrogen) atoms. The number of piperidine rings is 1. The van der Waals surface area contributed by atoms with Gasteiger partial charge in [0.2, 0.25) is 5.89 Å². The molecular weight excluding hydrogens is 318 g/mol. The molecule has 0 radical (unpaired) electrons. The molecule has 0 N–H and O–H groups in total. The number of nitriles is 1. The summed E-state index contributed by atoms with van der Waals surface area (Å²) in [6, 6.07) is 5.32. The molecule has 0 bridgehead atoms. The van der Waals surface area contributed by atoms with Crippen molar-refractivity contribution < 1.29 is 9.32 Å². The minimum atomic E-state index is -0.120. The number of amides is 1. The van der Waals surface area contributed by atoms with Crippen LogP contribution in [0.2, 0.25) is 0 Å². The molecule has 1 amide bonds. The second kappa shape index (κ2) is 7.01. The molecule has 2 aromatic rings. The Bertz CT molecular complexity index is 821. The van der Waals surface area contributed by atoms with Gasteiger partial charge >= 0.3 is 0 Å². The maximum atomic E-state index is 12.8. The summed E-state index contributed by atoms with van der Waals surface area (Å²) < 4.78 is 5.29. The van der Waals surface area contributed by atoms with Gasteiger partial charge in [0.25, 0.3) is 5.91 Å². The van der Waals surface area contributed by atoms with Crippen LogP contribution in [0.3, 0.4) is 0 Å². The molecule has 2 aromatic heterocycles. The molecule has 1 atom stereocenters. The largest absolute Gasteiger partial charge is 0.339 e. The van der Waals surface area contributed by atoms with Crippen LogP contribution in [0.4, 0.5) is 0 Å². The third-order valence-electron chi connectivity index (χ3n) is 4.45. The lowest BCUT2D eigenvalue weighted by Crippen LogP contribution is -2.39. The normalized spacial score (nSPS) is 17.6. The van der Waals surface area contributed by atoms with Crippen molar-refractivity contribution in [3.8, 4) is 6.07 Å². The van der Waals surface area contributed by atoms with E-state index < -0.39 is 0 Å². The van der Waals surface area contributed by atoms with Crippen LogP contribution in [-0.4, -0.2) is 39.0 Å². The number of aryl methyl sites for hydroxylation is 1. The molecule has 0 aliphatic carbocycles. The molecule has 7 heteroatoms. The predicted octanol–water partition coefficient (Wildman–Crippen LogP) is 2.79. The van der Waals surface area contributed by atoms with Crippen LogP contribution in [0.25, 0.3) is 0 Å². The molecule has 7 nitrogen and oxygen atoms in total. The van der Waals surface area contributed by atoms with Crippen molar-refractivity contribution >= 4 is 5.91 Å². The zero-order chi connectivity index (χ0) is 18.0. The number of pyridine rings is 1. The summed E-state index contributed by atoms with van der Waals surface area (Å²) >= 11 is 0. The number of hydrogen-bond acceptors (Lipinski definition) is 6. The highest BCUT2D eigenvalue weighted by atomic mass is 16.5. The minimum absolute atomic E-state index is 0.0772. The Morgan fingerprint density at radius 1 is 1.40 bits per heavy atom. The number of likely N-dealkylation sites (tertiary alicyclic amines) is 1. The van der Waals surface area contributed by atoms with Crippen LogP contribution in [0.5, 0.6) is 0 Å². The van der Waals surface area contributed by atoms with E-state index in [-0.39, 0.29) is 17.7 Å². The molecule has 0 aromatic carbocycles. The quantitative estimate of drug-likeness (QED) is 0.853. The first-order chi connectivity index (χ1) is 12.0. The number of hydrogen-bond donors (Lipinski definition) is 0. The molecule has 1 aliphatic rings. The van der Waals surface area contributed by atoms with Crippen molar-refractivity contribution in [2.75, 3.05) is 13.1 Å². The van der Waals surface area contributed by atoms with Gasteiger partial charge in [-0.25, -0.2) is 4.98 Å². The number of nitrogens with zero attached hydrogens (tertiary/aromatic N) is 5. The van der Waals surface area contributed by atoms with Gasteiger partial charge in [0.1, 0.15) is 11.8 Å². The summed E-state index contributed by atoms with van der Waals surface area (Å²) in [7, 11) is 0. The molecule has 0 saturated carbocycles. The highest BCUT2D eigenvalue weighted by Gasteiger charge is 2.29. The fraction of sp³-hybridized carbons (Fsp3) is 0.500. The van der Waals surface area contributed by atoms with Crippen molar-refractivity contribution in [2.45, 2.75) is 45.4 Å². The molecule has 3 heterocycles. The standard InChI is InChI=1S/C18H21N5O2/c1-11(2)17-21-16(22-25-17)14-5-4-8-23(10-14)18(24)15-7-6-13(9-19)12(3)20-15/h6-7,11,14H,4-5,8,10H2,1-3H3/t14-/m0/s1. The van der Waals surface area contributed by atoms with Crippen molar-refractivity contribution in [1.82, 2.24) is 20.0 Å². The lowest BCUT2D eigenvalue weighted by atomic mass is 9.97. The highest BCUT2D eigenvalue weighted by Crippen LogP contribution is 2.27. The van der Waals surface area contributed by atoms with Crippen molar-refractivity contribution in [3.05, 3.63) is 40.8 Å². The zero-order valence-corrected chi connectivity index (χ0v) is 14.7. The van der Waals surface area contributed by atoms with E-state index in [4.69, 9.17) is 9.78 Å². The lowest BCUT2D eigenvalue weighted by molar-refractivity contribution is 0.0697. The summed E-state index contributed by atoms with van der Waals surface area (Å²) in [5.41, 5.74) is 1.43. The molecule has 3 rings (SSSR count). The molecule has 1 aliphatic heterocycles. The van der Waals surface area contributed by atoms with Gasteiger partial charge < -0.3 is 9.42 Å². The maximum Gasteiger partial charge on any atom is 0.272 e. The van der Waals surface area contributed by atoms with Crippen molar-refractivity contribution in [3.63, 3.8) is 0 Å². The van der Waals surface area contributed by atoms with E-state index >= 15 is 0 Å². The molecule has 1 saturated heterocycles. The maximum absolute atomic E-state index is 12.8. The van der Waals surface area contributed by atoms with Gasteiger partial charge in [-0.15, -0.1) is 0 Å². The Morgan fingerprint density at radius 3 is 2.84 bits per heavy atom. The van der Waals surface area contributed by atoms with Gasteiger partial charge in [-0.3, -0.25) is 4.79 Å². The molecule has 130 valence electrons. The van der Waals surface area contributed by atoms with Crippen LogP contribution >= 0.6 is 0 Å². The van der Waals surface area contributed by atoms with Crippen molar-refractivity contribution in [2.24, 2.45) is 0 Å². The number of carbonyl (C=O) groups excluding carboxylic acids is 1. The van der Waals surface area contributed by atoms with Crippen LogP contribution in [0, 0.1) is 18.3 Å².